The Hall–Kier alpha value is 0.01000. The highest BCUT2D eigenvalue weighted by Crippen LogP contribution is 2.28. The van der Waals surface area contributed by atoms with Crippen molar-refractivity contribution in [1.29, 1.82) is 0 Å². The first-order valence-electron chi connectivity index (χ1n) is 6.72. The van der Waals surface area contributed by atoms with Crippen LogP contribution >= 0.6 is 27.7 Å². The van der Waals surface area contributed by atoms with Crippen LogP contribution in [0, 0.1) is 5.92 Å². The lowest BCUT2D eigenvalue weighted by Gasteiger charge is -2.20. The van der Waals surface area contributed by atoms with Gasteiger partial charge in [-0.3, -0.25) is 0 Å². The third kappa shape index (κ3) is 5.77. The van der Waals surface area contributed by atoms with E-state index in [2.05, 4.69) is 66.4 Å². The van der Waals surface area contributed by atoms with Crippen LogP contribution in [0.1, 0.15) is 33.1 Å². The summed E-state index contributed by atoms with van der Waals surface area (Å²) >= 11 is 5.53. The zero-order chi connectivity index (χ0) is 13.4. The van der Waals surface area contributed by atoms with Crippen molar-refractivity contribution >= 4 is 27.7 Å². The van der Waals surface area contributed by atoms with E-state index < -0.39 is 0 Å². The Morgan fingerprint density at radius 1 is 1.33 bits per heavy atom. The minimum absolute atomic E-state index is 0.601. The predicted octanol–water partition coefficient (Wildman–Crippen LogP) is 4.96. The Morgan fingerprint density at radius 3 is 2.67 bits per heavy atom. The number of benzene rings is 1. The largest absolute Gasteiger partial charge is 0.316 e. The molecule has 0 radical (unpaired) electrons. The molecular weight excluding hydrogens is 306 g/mol. The lowest BCUT2D eigenvalue weighted by molar-refractivity contribution is 0.420. The Labute approximate surface area is 124 Å². The lowest BCUT2D eigenvalue weighted by atomic mass is 9.98. The van der Waals surface area contributed by atoms with Gasteiger partial charge in [0, 0.05) is 21.2 Å². The molecule has 0 aliphatic carbocycles. The molecule has 2 unspecified atom stereocenters. The highest BCUT2D eigenvalue weighted by atomic mass is 79.9. The summed E-state index contributed by atoms with van der Waals surface area (Å²) in [6.07, 6.45) is 3.88. The molecule has 3 heteroatoms. The molecule has 2 atom stereocenters. The molecule has 0 aromatic heterocycles. The van der Waals surface area contributed by atoms with E-state index in [1.807, 2.05) is 11.8 Å². The second-order valence-electron chi connectivity index (χ2n) is 4.86. The maximum atomic E-state index is 3.60. The highest BCUT2D eigenvalue weighted by molar-refractivity contribution is 9.10. The smallest absolute Gasteiger partial charge is 0.0311 e. The Bertz CT molecular complexity index is 343. The van der Waals surface area contributed by atoms with Crippen molar-refractivity contribution < 1.29 is 0 Å². The van der Waals surface area contributed by atoms with Gasteiger partial charge in [-0.25, -0.2) is 0 Å². The van der Waals surface area contributed by atoms with E-state index in [9.17, 15) is 0 Å². The van der Waals surface area contributed by atoms with Crippen molar-refractivity contribution in [3.05, 3.63) is 28.7 Å². The van der Waals surface area contributed by atoms with Gasteiger partial charge in [0.1, 0.15) is 0 Å². The molecule has 0 aliphatic heterocycles. The fraction of sp³-hybridized carbons (Fsp3) is 0.600. The molecular formula is C15H24BrNS. The Morgan fingerprint density at radius 2 is 2.06 bits per heavy atom. The summed E-state index contributed by atoms with van der Waals surface area (Å²) in [7, 11) is 2.07. The molecule has 0 aliphatic rings. The van der Waals surface area contributed by atoms with Crippen LogP contribution in [0.4, 0.5) is 0 Å². The Kier molecular flexibility index (Phi) is 8.03. The molecule has 0 bridgehead atoms. The lowest BCUT2D eigenvalue weighted by Crippen LogP contribution is -2.29. The first kappa shape index (κ1) is 16.1. The highest BCUT2D eigenvalue weighted by Gasteiger charge is 2.12. The van der Waals surface area contributed by atoms with Crippen molar-refractivity contribution in [2.45, 2.75) is 44.0 Å². The summed E-state index contributed by atoms with van der Waals surface area (Å²) in [6.45, 7) is 4.62. The van der Waals surface area contributed by atoms with Crippen molar-refractivity contribution in [3.8, 4) is 0 Å². The molecule has 1 aromatic carbocycles. The van der Waals surface area contributed by atoms with Crippen LogP contribution in [0.15, 0.2) is 33.6 Å². The van der Waals surface area contributed by atoms with Gasteiger partial charge in [0.2, 0.25) is 0 Å². The van der Waals surface area contributed by atoms with Crippen LogP contribution in [-0.2, 0) is 0 Å². The Balaban J connectivity index is 2.42. The van der Waals surface area contributed by atoms with Gasteiger partial charge in [-0.15, -0.1) is 11.8 Å². The van der Waals surface area contributed by atoms with E-state index in [4.69, 9.17) is 0 Å². The summed E-state index contributed by atoms with van der Waals surface area (Å²) < 4.78 is 1.20. The van der Waals surface area contributed by atoms with Crippen LogP contribution in [0.2, 0.25) is 0 Å². The molecule has 1 N–H and O–H groups in total. The molecule has 0 spiro atoms. The van der Waals surface area contributed by atoms with Gasteiger partial charge in [-0.05, 0) is 47.4 Å². The number of thioether (sulfide) groups is 1. The summed E-state index contributed by atoms with van der Waals surface area (Å²) in [5.74, 6) is 1.94. The minimum atomic E-state index is 0.601. The number of rotatable bonds is 8. The maximum absolute atomic E-state index is 3.60. The second-order valence-corrected chi connectivity index (χ2v) is 6.77. The SMILES string of the molecule is CCCC(C)CC(CSc1ccccc1Br)NC. The van der Waals surface area contributed by atoms with Gasteiger partial charge >= 0.3 is 0 Å². The van der Waals surface area contributed by atoms with E-state index in [1.165, 1.54) is 28.6 Å². The van der Waals surface area contributed by atoms with Crippen molar-refractivity contribution in [2.75, 3.05) is 12.8 Å². The fourth-order valence-corrected chi connectivity index (χ4v) is 3.81. The summed E-state index contributed by atoms with van der Waals surface area (Å²) in [6, 6.07) is 9.05. The predicted molar refractivity (Wildman–Crippen MR) is 86.4 cm³/mol. The second kappa shape index (κ2) is 9.00. The molecule has 102 valence electrons. The zero-order valence-corrected chi connectivity index (χ0v) is 14.0. The molecule has 1 nitrogen and oxygen atoms in total. The van der Waals surface area contributed by atoms with Gasteiger partial charge in [-0.2, -0.15) is 0 Å². The van der Waals surface area contributed by atoms with Crippen molar-refractivity contribution in [2.24, 2.45) is 5.92 Å². The zero-order valence-electron chi connectivity index (χ0n) is 11.6. The van der Waals surface area contributed by atoms with Gasteiger partial charge < -0.3 is 5.32 Å². The summed E-state index contributed by atoms with van der Waals surface area (Å²) in [5.41, 5.74) is 0. The van der Waals surface area contributed by atoms with Crippen molar-refractivity contribution in [1.82, 2.24) is 5.32 Å². The number of hydrogen-bond acceptors (Lipinski definition) is 2. The molecule has 0 fully saturated rings. The summed E-state index contributed by atoms with van der Waals surface area (Å²) in [4.78, 5) is 1.33. The van der Waals surface area contributed by atoms with Gasteiger partial charge in [0.15, 0.2) is 0 Å². The molecule has 18 heavy (non-hydrogen) atoms. The van der Waals surface area contributed by atoms with Crippen LogP contribution in [0.5, 0.6) is 0 Å². The van der Waals surface area contributed by atoms with Gasteiger partial charge in [-0.1, -0.05) is 38.8 Å². The third-order valence-corrected chi connectivity index (χ3v) is 5.34. The number of hydrogen-bond donors (Lipinski definition) is 1. The summed E-state index contributed by atoms with van der Waals surface area (Å²) in [5, 5.41) is 3.44. The standard InChI is InChI=1S/C15H24BrNS/c1-4-7-12(2)10-13(17-3)11-18-15-9-6-5-8-14(15)16/h5-6,8-9,12-13,17H,4,7,10-11H2,1-3H3. The van der Waals surface area contributed by atoms with Gasteiger partial charge in [0.05, 0.1) is 0 Å². The van der Waals surface area contributed by atoms with E-state index in [-0.39, 0.29) is 0 Å². The first-order chi connectivity index (χ1) is 8.67. The quantitative estimate of drug-likeness (QED) is 0.677. The minimum Gasteiger partial charge on any atom is -0.316 e. The molecule has 0 amide bonds. The van der Waals surface area contributed by atoms with Crippen LogP contribution < -0.4 is 5.32 Å². The van der Waals surface area contributed by atoms with E-state index >= 15 is 0 Å². The third-order valence-electron chi connectivity index (χ3n) is 3.15. The molecule has 0 saturated heterocycles. The monoisotopic (exact) mass is 329 g/mol. The van der Waals surface area contributed by atoms with Crippen LogP contribution in [0.3, 0.4) is 0 Å². The average Bonchev–Trinajstić information content (AvgIpc) is 2.36. The molecule has 1 aromatic rings. The normalized spacial score (nSPS) is 14.4. The van der Waals surface area contributed by atoms with Gasteiger partial charge in [0.25, 0.3) is 0 Å². The molecule has 0 saturated carbocycles. The number of halogens is 1. The maximum Gasteiger partial charge on any atom is 0.0311 e. The van der Waals surface area contributed by atoms with E-state index in [0.717, 1.165) is 11.7 Å². The number of nitrogens with one attached hydrogen (secondary N) is 1. The first-order valence-corrected chi connectivity index (χ1v) is 8.49. The van der Waals surface area contributed by atoms with Crippen molar-refractivity contribution in [3.63, 3.8) is 0 Å². The topological polar surface area (TPSA) is 12.0 Å². The van der Waals surface area contributed by atoms with E-state index in [0.29, 0.717) is 6.04 Å². The van der Waals surface area contributed by atoms with Crippen LogP contribution in [0.25, 0.3) is 0 Å². The van der Waals surface area contributed by atoms with Crippen LogP contribution in [-0.4, -0.2) is 18.8 Å². The molecule has 0 heterocycles. The van der Waals surface area contributed by atoms with E-state index in [1.54, 1.807) is 0 Å². The average molecular weight is 330 g/mol. The fourth-order valence-electron chi connectivity index (χ4n) is 2.12. The molecule has 1 rings (SSSR count).